The van der Waals surface area contributed by atoms with Gasteiger partial charge in [0.2, 0.25) is 0 Å². The molecule has 1 aliphatic rings. The lowest BCUT2D eigenvalue weighted by molar-refractivity contribution is 0.380. The first kappa shape index (κ1) is 21.4. The van der Waals surface area contributed by atoms with E-state index in [2.05, 4.69) is 14.8 Å². The Morgan fingerprint density at radius 1 is 1.15 bits per heavy atom. The Hall–Kier alpha value is -1.87. The second-order valence-corrected chi connectivity index (χ2v) is 6.56. The van der Waals surface area contributed by atoms with Crippen molar-refractivity contribution in [3.63, 3.8) is 0 Å². The van der Waals surface area contributed by atoms with Crippen LogP contribution in [-0.4, -0.2) is 49.3 Å². The molecule has 1 fully saturated rings. The van der Waals surface area contributed by atoms with Crippen LogP contribution in [0.4, 0.5) is 5.69 Å². The third kappa shape index (κ3) is 5.55. The number of methoxy groups -OCH3 is 1. The van der Waals surface area contributed by atoms with Crippen LogP contribution in [0.2, 0.25) is 5.02 Å². The predicted octanol–water partition coefficient (Wildman–Crippen LogP) is 3.31. The van der Waals surface area contributed by atoms with Gasteiger partial charge in [0, 0.05) is 42.5 Å². The molecule has 2 aromatic rings. The van der Waals surface area contributed by atoms with E-state index in [1.165, 1.54) is 0 Å². The predicted molar refractivity (Wildman–Crippen MR) is 121 cm³/mol. The molecule has 0 radical (unpaired) electrons. The quantitative estimate of drug-likeness (QED) is 0.381. The molecule has 6 nitrogen and oxygen atoms in total. The van der Waals surface area contributed by atoms with Crippen LogP contribution in [0.5, 0.6) is 11.5 Å². The van der Waals surface area contributed by atoms with Crippen molar-refractivity contribution >= 4 is 47.2 Å². The molecule has 2 aromatic carbocycles. The van der Waals surface area contributed by atoms with Crippen LogP contribution < -0.4 is 15.4 Å². The van der Waals surface area contributed by atoms with Gasteiger partial charge in [-0.2, -0.15) is 0 Å². The van der Waals surface area contributed by atoms with Gasteiger partial charge in [0.05, 0.1) is 13.7 Å². The highest BCUT2D eigenvalue weighted by Crippen LogP contribution is 2.24. The molecule has 8 heteroatoms. The van der Waals surface area contributed by atoms with Gasteiger partial charge >= 0.3 is 0 Å². The topological polar surface area (TPSA) is 74.3 Å². The van der Waals surface area contributed by atoms with E-state index in [9.17, 15) is 5.11 Å². The first-order chi connectivity index (χ1) is 12.6. The van der Waals surface area contributed by atoms with Crippen LogP contribution in [-0.2, 0) is 6.54 Å². The molecule has 0 aliphatic carbocycles. The minimum absolute atomic E-state index is 0. The maximum atomic E-state index is 9.94. The molecule has 0 aromatic heterocycles. The van der Waals surface area contributed by atoms with E-state index in [4.69, 9.17) is 22.1 Å². The van der Waals surface area contributed by atoms with Crippen molar-refractivity contribution in [2.24, 2.45) is 10.7 Å². The van der Waals surface area contributed by atoms with Crippen LogP contribution in [0.25, 0.3) is 0 Å². The fourth-order valence-corrected chi connectivity index (χ4v) is 3.05. The number of halogens is 2. The van der Waals surface area contributed by atoms with Crippen LogP contribution in [0, 0.1) is 0 Å². The normalized spacial score (nSPS) is 14.7. The summed E-state index contributed by atoms with van der Waals surface area (Å²) in [6.45, 7) is 3.63. The number of aliphatic imine (C=N–C) groups is 1. The third-order valence-corrected chi connectivity index (χ3v) is 4.75. The summed E-state index contributed by atoms with van der Waals surface area (Å²) in [6.07, 6.45) is 0. The zero-order chi connectivity index (χ0) is 18.5. The zero-order valence-electron chi connectivity index (χ0n) is 15.1. The van der Waals surface area contributed by atoms with E-state index in [1.54, 1.807) is 25.3 Å². The molecule has 0 saturated carbocycles. The number of piperazine rings is 1. The van der Waals surface area contributed by atoms with Crippen molar-refractivity contribution in [3.8, 4) is 11.5 Å². The lowest BCUT2D eigenvalue weighted by atomic mass is 10.2. The Bertz CT molecular complexity index is 778. The number of nitrogens with two attached hydrogens (primary N) is 1. The summed E-state index contributed by atoms with van der Waals surface area (Å²) >= 11 is 5.95. The molecule has 0 atom stereocenters. The van der Waals surface area contributed by atoms with E-state index in [0.29, 0.717) is 23.8 Å². The van der Waals surface area contributed by atoms with Gasteiger partial charge in [-0.15, -0.1) is 24.0 Å². The van der Waals surface area contributed by atoms with Gasteiger partial charge in [-0.25, -0.2) is 4.99 Å². The molecule has 3 rings (SSSR count). The van der Waals surface area contributed by atoms with Crippen LogP contribution in [0.3, 0.4) is 0 Å². The lowest BCUT2D eigenvalue weighted by Gasteiger charge is -2.36. The van der Waals surface area contributed by atoms with Gasteiger partial charge in [0.1, 0.15) is 11.5 Å². The van der Waals surface area contributed by atoms with E-state index >= 15 is 0 Å². The van der Waals surface area contributed by atoms with E-state index in [-0.39, 0.29) is 29.7 Å². The minimum Gasteiger partial charge on any atom is -0.508 e. The van der Waals surface area contributed by atoms with Crippen molar-refractivity contribution in [2.45, 2.75) is 6.54 Å². The maximum absolute atomic E-state index is 9.94. The number of phenolic OH excluding ortho intramolecular Hbond substituents is 1. The number of hydrogen-bond donors (Lipinski definition) is 2. The number of anilines is 1. The van der Waals surface area contributed by atoms with E-state index in [0.717, 1.165) is 36.9 Å². The van der Waals surface area contributed by atoms with Crippen molar-refractivity contribution < 1.29 is 9.84 Å². The minimum atomic E-state index is 0. The van der Waals surface area contributed by atoms with Gasteiger partial charge in [-0.1, -0.05) is 11.6 Å². The average Bonchev–Trinajstić information content (AvgIpc) is 2.68. The van der Waals surface area contributed by atoms with E-state index < -0.39 is 0 Å². The highest BCUT2D eigenvalue weighted by molar-refractivity contribution is 14.0. The summed E-state index contributed by atoms with van der Waals surface area (Å²) in [7, 11) is 1.59. The highest BCUT2D eigenvalue weighted by atomic mass is 127. The largest absolute Gasteiger partial charge is 0.508 e. The number of nitrogens with zero attached hydrogens (tertiary/aromatic N) is 3. The summed E-state index contributed by atoms with van der Waals surface area (Å²) in [5, 5.41) is 10.7. The molecule has 3 N–H and O–H groups in total. The highest BCUT2D eigenvalue weighted by Gasteiger charge is 2.18. The lowest BCUT2D eigenvalue weighted by Crippen LogP contribution is -2.51. The summed E-state index contributed by atoms with van der Waals surface area (Å²) in [6, 6.07) is 12.9. The maximum Gasteiger partial charge on any atom is 0.191 e. The molecule has 0 spiro atoms. The molecule has 1 saturated heterocycles. The number of rotatable bonds is 4. The van der Waals surface area contributed by atoms with Crippen molar-refractivity contribution in [3.05, 3.63) is 53.1 Å². The number of guanidine groups is 1. The van der Waals surface area contributed by atoms with Crippen LogP contribution in [0.15, 0.2) is 47.5 Å². The molecule has 0 bridgehead atoms. The van der Waals surface area contributed by atoms with Gasteiger partial charge in [0.25, 0.3) is 0 Å². The van der Waals surface area contributed by atoms with Gasteiger partial charge in [-0.05, 0) is 42.5 Å². The Morgan fingerprint density at radius 2 is 1.81 bits per heavy atom. The number of hydrogen-bond acceptors (Lipinski definition) is 4. The van der Waals surface area contributed by atoms with Crippen molar-refractivity contribution in [1.29, 1.82) is 0 Å². The van der Waals surface area contributed by atoms with Crippen molar-refractivity contribution in [1.82, 2.24) is 4.90 Å². The zero-order valence-corrected chi connectivity index (χ0v) is 18.2. The molecule has 0 amide bonds. The number of phenols is 1. The van der Waals surface area contributed by atoms with E-state index in [1.807, 2.05) is 24.3 Å². The van der Waals surface area contributed by atoms with Gasteiger partial charge in [0.15, 0.2) is 5.96 Å². The smallest absolute Gasteiger partial charge is 0.191 e. The fraction of sp³-hybridized carbons (Fsp3) is 0.316. The Balaban J connectivity index is 0.00000261. The SMILES string of the molecule is COc1ccc(O)c(CN=C(N)N2CCN(c3ccc(Cl)cc3)CC2)c1.I. The van der Waals surface area contributed by atoms with Crippen molar-refractivity contribution in [2.75, 3.05) is 38.2 Å². The van der Waals surface area contributed by atoms with Gasteiger partial charge in [-0.3, -0.25) is 0 Å². The number of ether oxygens (including phenoxy) is 1. The Morgan fingerprint density at radius 3 is 2.44 bits per heavy atom. The Kier molecular flexibility index (Phi) is 7.85. The average molecular weight is 503 g/mol. The molecule has 1 aliphatic heterocycles. The fourth-order valence-electron chi connectivity index (χ4n) is 2.93. The molecule has 1 heterocycles. The van der Waals surface area contributed by atoms with Gasteiger partial charge < -0.3 is 25.4 Å². The second kappa shape index (κ2) is 9.89. The molecule has 146 valence electrons. The second-order valence-electron chi connectivity index (χ2n) is 6.12. The number of benzene rings is 2. The molecular formula is C19H24ClIN4O2. The third-order valence-electron chi connectivity index (χ3n) is 4.49. The monoisotopic (exact) mass is 502 g/mol. The Labute approximate surface area is 181 Å². The summed E-state index contributed by atoms with van der Waals surface area (Å²) in [5.74, 6) is 1.36. The summed E-state index contributed by atoms with van der Waals surface area (Å²) < 4.78 is 5.18. The first-order valence-electron chi connectivity index (χ1n) is 8.48. The van der Waals surface area contributed by atoms with Crippen LogP contribution in [0.1, 0.15) is 5.56 Å². The summed E-state index contributed by atoms with van der Waals surface area (Å²) in [5.41, 5.74) is 7.99. The first-order valence-corrected chi connectivity index (χ1v) is 8.86. The summed E-state index contributed by atoms with van der Waals surface area (Å²) in [4.78, 5) is 8.79. The molecule has 0 unspecified atom stereocenters. The molecular weight excluding hydrogens is 479 g/mol. The van der Waals surface area contributed by atoms with Crippen LogP contribution >= 0.6 is 35.6 Å². The standard InChI is InChI=1S/C19H23ClN4O2.HI/c1-26-17-6-7-18(25)14(12-17)13-22-19(21)24-10-8-23(9-11-24)16-4-2-15(20)3-5-16;/h2-7,12,25H,8-11,13H2,1H3,(H2,21,22);1H. The molecule has 27 heavy (non-hydrogen) atoms. The number of aromatic hydroxyl groups is 1.